The smallest absolute Gasteiger partial charge is 0.00990 e. The maximum Gasteiger partial charge on any atom is -0.00990 e. The average Bonchev–Trinajstić information content (AvgIpc) is 2.54. The first-order chi connectivity index (χ1) is 9.90. The molecule has 4 aromatic carbocycles. The van der Waals surface area contributed by atoms with Gasteiger partial charge in [-0.05, 0) is 56.9 Å². The van der Waals surface area contributed by atoms with Gasteiger partial charge in [-0.3, -0.25) is 0 Å². The molecular weight excluding hydrogens is 240 g/mol. The second-order valence-electron chi connectivity index (χ2n) is 4.94. The van der Waals surface area contributed by atoms with Gasteiger partial charge in [0.15, 0.2) is 0 Å². The minimum absolute atomic E-state index is 1.15. The molecule has 0 atom stereocenters. The van der Waals surface area contributed by atoms with Crippen LogP contribution in [0.25, 0.3) is 32.7 Å². The molecule has 92 valence electrons. The Morgan fingerprint density at radius 3 is 1.55 bits per heavy atom. The van der Waals surface area contributed by atoms with Gasteiger partial charge in [-0.25, -0.2) is 0 Å². The lowest BCUT2D eigenvalue weighted by Gasteiger charge is -2.05. The van der Waals surface area contributed by atoms with Crippen molar-refractivity contribution in [3.05, 3.63) is 84.9 Å². The molecule has 0 saturated heterocycles. The van der Waals surface area contributed by atoms with Crippen molar-refractivity contribution < 1.29 is 0 Å². The third-order valence-electron chi connectivity index (χ3n) is 3.66. The molecule has 0 aromatic heterocycles. The number of rotatable bonds is 1. The summed E-state index contributed by atoms with van der Waals surface area (Å²) in [6, 6.07) is 31.8. The van der Waals surface area contributed by atoms with Gasteiger partial charge < -0.3 is 0 Å². The highest BCUT2D eigenvalue weighted by Crippen LogP contribution is 2.27. The molecule has 0 saturated carbocycles. The quantitative estimate of drug-likeness (QED) is 0.433. The monoisotopic (exact) mass is 252 g/mol. The van der Waals surface area contributed by atoms with Gasteiger partial charge in [-0.2, -0.15) is 0 Å². The Kier molecular flexibility index (Phi) is 2.53. The summed E-state index contributed by atoms with van der Waals surface area (Å²) < 4.78 is 0. The number of hydrogen-bond acceptors (Lipinski definition) is 0. The van der Waals surface area contributed by atoms with Gasteiger partial charge in [0, 0.05) is 0 Å². The zero-order chi connectivity index (χ0) is 13.4. The molecule has 0 amide bonds. The van der Waals surface area contributed by atoms with E-state index < -0.39 is 0 Å². The molecule has 0 fully saturated rings. The lowest BCUT2D eigenvalue weighted by atomic mass is 9.99. The summed E-state index contributed by atoms with van der Waals surface area (Å²) in [6.45, 7) is 0. The number of fused-ring (bicyclic) bond motifs is 2. The van der Waals surface area contributed by atoms with Crippen molar-refractivity contribution in [3.8, 4) is 11.1 Å². The summed E-state index contributed by atoms with van der Waals surface area (Å²) in [4.78, 5) is 0. The van der Waals surface area contributed by atoms with Crippen molar-refractivity contribution in [2.24, 2.45) is 0 Å². The predicted molar refractivity (Wildman–Crippen MR) is 84.6 cm³/mol. The van der Waals surface area contributed by atoms with Gasteiger partial charge in [-0.15, -0.1) is 0 Å². The molecule has 0 aliphatic carbocycles. The van der Waals surface area contributed by atoms with Gasteiger partial charge in [0.2, 0.25) is 0 Å². The van der Waals surface area contributed by atoms with E-state index in [0.717, 1.165) is 10.8 Å². The standard InChI is InChI=1S/C20H12/c1-3-7-17-13-19(11-9-15(17)5-1)20-12-10-16-6-2-4-8-18(16)14-20/h1-6,9-14H. The van der Waals surface area contributed by atoms with Crippen LogP contribution >= 0.6 is 0 Å². The molecule has 0 nitrogen and oxygen atoms in total. The van der Waals surface area contributed by atoms with Crippen LogP contribution in [0.1, 0.15) is 0 Å². The molecule has 0 heterocycles. The number of benzene rings is 4. The van der Waals surface area contributed by atoms with Crippen LogP contribution in [0.4, 0.5) is 0 Å². The molecule has 4 rings (SSSR count). The molecule has 0 aliphatic heterocycles. The molecule has 0 aliphatic rings. The van der Waals surface area contributed by atoms with Crippen LogP contribution in [0, 0.1) is 12.1 Å². The normalized spacial score (nSPS) is 11.0. The van der Waals surface area contributed by atoms with Crippen molar-refractivity contribution in [1.82, 2.24) is 0 Å². The summed E-state index contributed by atoms with van der Waals surface area (Å²) in [5, 5.41) is 4.76. The van der Waals surface area contributed by atoms with Crippen molar-refractivity contribution in [3.63, 3.8) is 0 Å². The summed E-state index contributed by atoms with van der Waals surface area (Å²) in [5.74, 6) is 0. The highest BCUT2D eigenvalue weighted by molar-refractivity contribution is 5.90. The largest absolute Gasteiger partial charge is 0.0610 e. The van der Waals surface area contributed by atoms with Crippen LogP contribution in [0.15, 0.2) is 72.8 Å². The minimum Gasteiger partial charge on any atom is -0.0610 e. The highest BCUT2D eigenvalue weighted by Gasteiger charge is 2.01. The summed E-state index contributed by atoms with van der Waals surface area (Å²) in [7, 11) is 0. The first-order valence-corrected chi connectivity index (χ1v) is 6.71. The van der Waals surface area contributed by atoms with E-state index in [1.54, 1.807) is 0 Å². The Balaban J connectivity index is 1.91. The molecular formula is C20H12. The first kappa shape index (κ1) is 11.2. The summed E-state index contributed by atoms with van der Waals surface area (Å²) >= 11 is 0. The van der Waals surface area contributed by atoms with Gasteiger partial charge >= 0.3 is 0 Å². The van der Waals surface area contributed by atoms with E-state index in [1.165, 1.54) is 21.9 Å². The maximum absolute atomic E-state index is 3.29. The van der Waals surface area contributed by atoms with Crippen LogP contribution in [0.5, 0.6) is 0 Å². The maximum atomic E-state index is 3.29. The van der Waals surface area contributed by atoms with Gasteiger partial charge in [0.25, 0.3) is 0 Å². The lowest BCUT2D eigenvalue weighted by Crippen LogP contribution is -1.80. The third-order valence-corrected chi connectivity index (χ3v) is 3.66. The number of hydrogen-bond donors (Lipinski definition) is 0. The molecule has 0 spiro atoms. The molecule has 0 bridgehead atoms. The third kappa shape index (κ3) is 1.86. The Morgan fingerprint density at radius 1 is 0.550 bits per heavy atom. The van der Waals surface area contributed by atoms with Crippen molar-refractivity contribution in [2.75, 3.05) is 0 Å². The second kappa shape index (κ2) is 4.50. The van der Waals surface area contributed by atoms with Gasteiger partial charge in [0.1, 0.15) is 0 Å². The average molecular weight is 252 g/mol. The first-order valence-electron chi connectivity index (χ1n) is 6.71. The van der Waals surface area contributed by atoms with E-state index in [1.807, 2.05) is 24.3 Å². The molecule has 20 heavy (non-hydrogen) atoms. The van der Waals surface area contributed by atoms with Crippen LogP contribution in [0.3, 0.4) is 0 Å². The van der Waals surface area contributed by atoms with Crippen molar-refractivity contribution >= 4 is 21.5 Å². The Bertz CT molecular complexity index is 826. The summed E-state index contributed by atoms with van der Waals surface area (Å²) in [5.41, 5.74) is 2.44. The zero-order valence-corrected chi connectivity index (χ0v) is 10.9. The Hall–Kier alpha value is -2.60. The van der Waals surface area contributed by atoms with E-state index in [-0.39, 0.29) is 0 Å². The fraction of sp³-hybridized carbons (Fsp3) is 0. The fourth-order valence-electron chi connectivity index (χ4n) is 2.59. The van der Waals surface area contributed by atoms with E-state index in [2.05, 4.69) is 60.7 Å². The fourth-order valence-corrected chi connectivity index (χ4v) is 2.59. The highest BCUT2D eigenvalue weighted by atomic mass is 14.1. The summed E-state index contributed by atoms with van der Waals surface area (Å²) in [6.07, 6.45) is 0. The van der Waals surface area contributed by atoms with Gasteiger partial charge in [-0.1, -0.05) is 60.7 Å². The predicted octanol–water partition coefficient (Wildman–Crippen LogP) is 5.26. The van der Waals surface area contributed by atoms with Crippen LogP contribution in [-0.4, -0.2) is 0 Å². The molecule has 4 aromatic rings. The molecule has 0 heteroatoms. The van der Waals surface area contributed by atoms with E-state index >= 15 is 0 Å². The van der Waals surface area contributed by atoms with Crippen LogP contribution in [0.2, 0.25) is 0 Å². The van der Waals surface area contributed by atoms with Crippen molar-refractivity contribution in [2.45, 2.75) is 0 Å². The molecule has 0 unspecified atom stereocenters. The van der Waals surface area contributed by atoms with Crippen molar-refractivity contribution in [1.29, 1.82) is 0 Å². The van der Waals surface area contributed by atoms with Crippen LogP contribution < -0.4 is 0 Å². The minimum atomic E-state index is 1.15. The lowest BCUT2D eigenvalue weighted by molar-refractivity contribution is 1.66. The molecule has 2 radical (unpaired) electrons. The van der Waals surface area contributed by atoms with E-state index in [0.29, 0.717) is 0 Å². The van der Waals surface area contributed by atoms with E-state index in [9.17, 15) is 0 Å². The Labute approximate surface area is 118 Å². The van der Waals surface area contributed by atoms with E-state index in [4.69, 9.17) is 0 Å². The SMILES string of the molecule is [c]1cccc2ccc(-c3ccc4ccc[c]c4c3)cc12. The van der Waals surface area contributed by atoms with Gasteiger partial charge in [0.05, 0.1) is 0 Å². The zero-order valence-electron chi connectivity index (χ0n) is 10.9. The Morgan fingerprint density at radius 2 is 1.05 bits per heavy atom. The second-order valence-corrected chi connectivity index (χ2v) is 4.94. The van der Waals surface area contributed by atoms with Crippen LogP contribution in [-0.2, 0) is 0 Å². The molecule has 0 N–H and O–H groups in total. The topological polar surface area (TPSA) is 0 Å².